The van der Waals surface area contributed by atoms with Crippen LogP contribution in [0.4, 0.5) is 0 Å². The maximum atomic E-state index is 4.83. The first-order valence-electron chi connectivity index (χ1n) is 3.63. The van der Waals surface area contributed by atoms with E-state index in [2.05, 4.69) is 37.0 Å². The predicted octanol–water partition coefficient (Wildman–Crippen LogP) is 3.87. The van der Waals surface area contributed by atoms with E-state index >= 15 is 0 Å². The molecule has 0 unspecified atom stereocenters. The van der Waals surface area contributed by atoms with Gasteiger partial charge in [0.2, 0.25) is 0 Å². The highest BCUT2D eigenvalue weighted by molar-refractivity contribution is 9.10. The summed E-state index contributed by atoms with van der Waals surface area (Å²) in [5, 5.41) is 3.88. The van der Waals surface area contributed by atoms with Crippen molar-refractivity contribution in [3.8, 4) is 11.3 Å². The Balaban J connectivity index is 2.53. The van der Waals surface area contributed by atoms with E-state index in [0.717, 1.165) is 20.2 Å². The highest BCUT2D eigenvalue weighted by Crippen LogP contribution is 2.28. The van der Waals surface area contributed by atoms with Gasteiger partial charge in [-0.1, -0.05) is 33.2 Å². The summed E-state index contributed by atoms with van der Waals surface area (Å²) in [6, 6.07) is 7.90. The average Bonchev–Trinajstić information content (AvgIpc) is 2.51. The van der Waals surface area contributed by atoms with Crippen LogP contribution >= 0.6 is 31.9 Å². The third kappa shape index (κ3) is 1.84. The van der Waals surface area contributed by atoms with Gasteiger partial charge in [-0.25, -0.2) is 0 Å². The van der Waals surface area contributed by atoms with E-state index in [4.69, 9.17) is 4.52 Å². The Morgan fingerprint density at radius 2 is 2.08 bits per heavy atom. The van der Waals surface area contributed by atoms with Crippen molar-refractivity contribution in [2.24, 2.45) is 0 Å². The molecule has 4 heteroatoms. The Morgan fingerprint density at radius 1 is 1.23 bits per heavy atom. The summed E-state index contributed by atoms with van der Waals surface area (Å²) in [6.07, 6.45) is 1.57. The number of benzene rings is 1. The van der Waals surface area contributed by atoms with Crippen LogP contribution in [0.25, 0.3) is 11.3 Å². The Labute approximate surface area is 92.2 Å². The van der Waals surface area contributed by atoms with Gasteiger partial charge in [-0.3, -0.25) is 0 Å². The first kappa shape index (κ1) is 8.97. The van der Waals surface area contributed by atoms with Crippen molar-refractivity contribution in [2.75, 3.05) is 0 Å². The lowest BCUT2D eigenvalue weighted by Gasteiger charge is -1.96. The lowest BCUT2D eigenvalue weighted by atomic mass is 10.2. The largest absolute Gasteiger partial charge is 0.363 e. The molecule has 1 aromatic carbocycles. The van der Waals surface area contributed by atoms with Crippen molar-refractivity contribution in [2.45, 2.75) is 0 Å². The Hall–Kier alpha value is -0.610. The first-order chi connectivity index (χ1) is 6.27. The third-order valence-corrected chi connectivity index (χ3v) is 2.68. The molecule has 1 heterocycles. The second-order valence-electron chi connectivity index (χ2n) is 2.52. The van der Waals surface area contributed by atoms with E-state index in [1.165, 1.54) is 0 Å². The third-order valence-electron chi connectivity index (χ3n) is 1.62. The molecule has 0 fully saturated rings. The first-order valence-corrected chi connectivity index (χ1v) is 5.22. The molecule has 1 aromatic heterocycles. The molecule has 2 nitrogen and oxygen atoms in total. The van der Waals surface area contributed by atoms with Gasteiger partial charge in [-0.2, -0.15) is 0 Å². The minimum absolute atomic E-state index is 0.821. The number of halogens is 2. The van der Waals surface area contributed by atoms with Crippen LogP contribution in [0.2, 0.25) is 0 Å². The van der Waals surface area contributed by atoms with Crippen molar-refractivity contribution in [3.63, 3.8) is 0 Å². The van der Waals surface area contributed by atoms with Gasteiger partial charge >= 0.3 is 0 Å². The van der Waals surface area contributed by atoms with Crippen molar-refractivity contribution < 1.29 is 4.52 Å². The van der Waals surface area contributed by atoms with Gasteiger partial charge in [0, 0.05) is 10.0 Å². The summed E-state index contributed by atoms with van der Waals surface area (Å²) in [5.41, 5.74) is 1.84. The minimum atomic E-state index is 0.821. The lowest BCUT2D eigenvalue weighted by molar-refractivity contribution is 0.422. The lowest BCUT2D eigenvalue weighted by Crippen LogP contribution is -1.77. The Kier molecular flexibility index (Phi) is 2.51. The van der Waals surface area contributed by atoms with E-state index in [9.17, 15) is 0 Å². The molecule has 2 aromatic rings. The molecule has 0 saturated heterocycles. The molecule has 0 radical (unpaired) electrons. The van der Waals surface area contributed by atoms with Gasteiger partial charge in [-0.15, -0.1) is 0 Å². The monoisotopic (exact) mass is 301 g/mol. The van der Waals surface area contributed by atoms with Crippen molar-refractivity contribution >= 4 is 31.9 Å². The van der Waals surface area contributed by atoms with Crippen molar-refractivity contribution in [1.29, 1.82) is 0 Å². The molecule has 0 spiro atoms. The summed E-state index contributed by atoms with van der Waals surface area (Å²) in [7, 11) is 0. The summed E-state index contributed by atoms with van der Waals surface area (Å²) in [6.45, 7) is 0. The van der Waals surface area contributed by atoms with Crippen LogP contribution in [0, 0.1) is 0 Å². The average molecular weight is 303 g/mol. The maximum Gasteiger partial charge on any atom is 0.138 e. The molecule has 0 bridgehead atoms. The molecule has 13 heavy (non-hydrogen) atoms. The molecule has 0 aliphatic heterocycles. The van der Waals surface area contributed by atoms with E-state index < -0.39 is 0 Å². The Bertz CT molecular complexity index is 425. The van der Waals surface area contributed by atoms with Crippen molar-refractivity contribution in [1.82, 2.24) is 5.16 Å². The molecule has 0 aliphatic rings. The molecule has 0 atom stereocenters. The number of hydrogen-bond acceptors (Lipinski definition) is 2. The van der Waals surface area contributed by atoms with Gasteiger partial charge in [0.1, 0.15) is 12.0 Å². The second-order valence-corrected chi connectivity index (χ2v) is 4.29. The van der Waals surface area contributed by atoms with Gasteiger partial charge < -0.3 is 4.52 Å². The van der Waals surface area contributed by atoms with Crippen LogP contribution in [-0.4, -0.2) is 5.16 Å². The SMILES string of the molecule is Brc1cccc(-c2nocc2Br)c1. The second kappa shape index (κ2) is 3.64. The van der Waals surface area contributed by atoms with Crippen LogP contribution in [0.5, 0.6) is 0 Å². The van der Waals surface area contributed by atoms with Gasteiger partial charge in [0.05, 0.1) is 4.47 Å². The predicted molar refractivity (Wildman–Crippen MR) is 57.3 cm³/mol. The van der Waals surface area contributed by atoms with Crippen LogP contribution in [0.15, 0.2) is 44.0 Å². The highest BCUT2D eigenvalue weighted by atomic mass is 79.9. The number of nitrogens with zero attached hydrogens (tertiary/aromatic N) is 1. The molecular weight excluding hydrogens is 298 g/mol. The standard InChI is InChI=1S/C9H5Br2NO/c10-7-3-1-2-6(4-7)9-8(11)5-13-12-9/h1-5H. The van der Waals surface area contributed by atoms with Crippen LogP contribution in [-0.2, 0) is 0 Å². The van der Waals surface area contributed by atoms with Crippen LogP contribution in [0.3, 0.4) is 0 Å². The van der Waals surface area contributed by atoms with Crippen LogP contribution in [0.1, 0.15) is 0 Å². The molecule has 66 valence electrons. The number of rotatable bonds is 1. The highest BCUT2D eigenvalue weighted by Gasteiger charge is 2.06. The smallest absolute Gasteiger partial charge is 0.138 e. The fraction of sp³-hybridized carbons (Fsp3) is 0. The summed E-state index contributed by atoms with van der Waals surface area (Å²) in [4.78, 5) is 0. The van der Waals surface area contributed by atoms with E-state index in [1.54, 1.807) is 6.26 Å². The summed E-state index contributed by atoms with van der Waals surface area (Å²) >= 11 is 6.75. The summed E-state index contributed by atoms with van der Waals surface area (Å²) in [5.74, 6) is 0. The zero-order chi connectivity index (χ0) is 9.26. The molecule has 0 N–H and O–H groups in total. The molecule has 0 aliphatic carbocycles. The fourth-order valence-electron chi connectivity index (χ4n) is 1.05. The van der Waals surface area contributed by atoms with E-state index in [0.29, 0.717) is 0 Å². The molecule has 2 rings (SSSR count). The summed E-state index contributed by atoms with van der Waals surface area (Å²) < 4.78 is 6.72. The quantitative estimate of drug-likeness (QED) is 0.799. The van der Waals surface area contributed by atoms with E-state index in [1.807, 2.05) is 24.3 Å². The topological polar surface area (TPSA) is 26.0 Å². The maximum absolute atomic E-state index is 4.83. The fourth-order valence-corrected chi connectivity index (χ4v) is 1.84. The van der Waals surface area contributed by atoms with Gasteiger partial charge in [0.25, 0.3) is 0 Å². The van der Waals surface area contributed by atoms with Gasteiger partial charge in [-0.05, 0) is 28.1 Å². The van der Waals surface area contributed by atoms with Crippen molar-refractivity contribution in [3.05, 3.63) is 39.5 Å². The zero-order valence-electron chi connectivity index (χ0n) is 6.50. The number of aromatic nitrogens is 1. The minimum Gasteiger partial charge on any atom is -0.363 e. The molecular formula is C9H5Br2NO. The van der Waals surface area contributed by atoms with Crippen LogP contribution < -0.4 is 0 Å². The molecule has 0 amide bonds. The zero-order valence-corrected chi connectivity index (χ0v) is 9.67. The Morgan fingerprint density at radius 3 is 2.69 bits per heavy atom. The molecule has 0 saturated carbocycles. The normalized spacial score (nSPS) is 10.3. The van der Waals surface area contributed by atoms with Gasteiger partial charge in [0.15, 0.2) is 0 Å². The number of hydrogen-bond donors (Lipinski definition) is 0. The van der Waals surface area contributed by atoms with E-state index in [-0.39, 0.29) is 0 Å².